The van der Waals surface area contributed by atoms with E-state index in [1.165, 1.54) is 19.4 Å². The number of aromatic amines is 1. The summed E-state index contributed by atoms with van der Waals surface area (Å²) in [7, 11) is 2.82. The molecular formula is C25H24FN3O6. The third-order valence-corrected chi connectivity index (χ3v) is 4.92. The normalized spacial score (nSPS) is 11.8. The van der Waals surface area contributed by atoms with Gasteiger partial charge in [-0.1, -0.05) is 18.2 Å². The number of benzene rings is 2. The Labute approximate surface area is 200 Å². The maximum atomic E-state index is 14.0. The number of carbonyl (C=O) groups is 1. The Morgan fingerprint density at radius 2 is 1.89 bits per heavy atom. The lowest BCUT2D eigenvalue weighted by molar-refractivity contribution is 0.0919. The molecule has 4 aromatic rings. The first-order chi connectivity index (χ1) is 16.9. The number of carbonyl (C=O) groups excluding carboxylic acids is 1. The Morgan fingerprint density at radius 1 is 1.09 bits per heavy atom. The molecule has 0 aliphatic rings. The van der Waals surface area contributed by atoms with Gasteiger partial charge in [0.2, 0.25) is 0 Å². The lowest BCUT2D eigenvalue weighted by atomic mass is 10.2. The number of H-pyrrole nitrogens is 1. The minimum absolute atomic E-state index is 0.0408. The first kappa shape index (κ1) is 24.0. The zero-order valence-corrected chi connectivity index (χ0v) is 19.4. The highest BCUT2D eigenvalue weighted by molar-refractivity contribution is 5.78. The Kier molecular flexibility index (Phi) is 7.41. The van der Waals surface area contributed by atoms with Crippen molar-refractivity contribution in [2.24, 2.45) is 0 Å². The molecule has 0 bridgehead atoms. The number of pyridine rings is 1. The van der Waals surface area contributed by atoms with Crippen molar-refractivity contribution in [3.8, 4) is 28.6 Å². The van der Waals surface area contributed by atoms with Gasteiger partial charge in [-0.15, -0.1) is 0 Å². The number of imidazole rings is 1. The molecule has 10 heteroatoms. The van der Waals surface area contributed by atoms with Crippen LogP contribution in [0.25, 0.3) is 22.6 Å². The highest BCUT2D eigenvalue weighted by atomic mass is 19.1. The van der Waals surface area contributed by atoms with E-state index in [-0.39, 0.29) is 24.3 Å². The van der Waals surface area contributed by atoms with Crippen molar-refractivity contribution < 1.29 is 32.9 Å². The lowest BCUT2D eigenvalue weighted by Crippen LogP contribution is -2.18. The number of nitrogens with one attached hydrogen (secondary N) is 1. The Bertz CT molecular complexity index is 1330. The van der Waals surface area contributed by atoms with Crippen molar-refractivity contribution in [3.05, 3.63) is 66.1 Å². The molecule has 1 atom stereocenters. The quantitative estimate of drug-likeness (QED) is 0.337. The van der Waals surface area contributed by atoms with Crippen LogP contribution in [0.1, 0.15) is 12.5 Å². The second-order valence-electron chi connectivity index (χ2n) is 7.64. The molecule has 0 amide bonds. The molecule has 0 aliphatic carbocycles. The highest BCUT2D eigenvalue weighted by Gasteiger charge is 2.14. The fourth-order valence-corrected chi connectivity index (χ4v) is 3.35. The van der Waals surface area contributed by atoms with Crippen LogP contribution in [-0.4, -0.2) is 48.0 Å². The first-order valence-corrected chi connectivity index (χ1v) is 10.7. The number of ether oxygens (including phenoxy) is 5. The van der Waals surface area contributed by atoms with Crippen molar-refractivity contribution in [3.63, 3.8) is 0 Å². The third kappa shape index (κ3) is 6.04. The number of aromatic nitrogens is 3. The maximum absolute atomic E-state index is 14.0. The number of hydrogen-bond acceptors (Lipinski definition) is 8. The van der Waals surface area contributed by atoms with Crippen LogP contribution in [0, 0.1) is 5.82 Å². The summed E-state index contributed by atoms with van der Waals surface area (Å²) in [6, 6.07) is 13.3. The van der Waals surface area contributed by atoms with Gasteiger partial charge < -0.3 is 28.7 Å². The highest BCUT2D eigenvalue weighted by Crippen LogP contribution is 2.31. The van der Waals surface area contributed by atoms with Crippen molar-refractivity contribution in [2.45, 2.75) is 19.6 Å². The monoisotopic (exact) mass is 481 g/mol. The first-order valence-electron chi connectivity index (χ1n) is 10.7. The second-order valence-corrected chi connectivity index (χ2v) is 7.64. The number of rotatable bonds is 9. The van der Waals surface area contributed by atoms with Crippen molar-refractivity contribution in [2.75, 3.05) is 20.8 Å². The summed E-state index contributed by atoms with van der Waals surface area (Å²) < 4.78 is 40.6. The molecule has 0 radical (unpaired) electrons. The molecule has 2 heterocycles. The smallest absolute Gasteiger partial charge is 0.489 e. The van der Waals surface area contributed by atoms with Gasteiger partial charge in [0.25, 0.3) is 0 Å². The zero-order valence-electron chi connectivity index (χ0n) is 19.4. The molecule has 2 aromatic carbocycles. The Balaban J connectivity index is 1.65. The largest absolute Gasteiger partial charge is 0.513 e. The van der Waals surface area contributed by atoms with Crippen molar-refractivity contribution in [1.29, 1.82) is 0 Å². The van der Waals surface area contributed by atoms with Gasteiger partial charge in [0, 0.05) is 30.4 Å². The van der Waals surface area contributed by atoms with Crippen LogP contribution in [0.2, 0.25) is 0 Å². The minimum atomic E-state index is -0.849. The van der Waals surface area contributed by atoms with E-state index in [0.717, 1.165) is 0 Å². The van der Waals surface area contributed by atoms with Gasteiger partial charge in [0.05, 0.1) is 25.4 Å². The predicted molar refractivity (Wildman–Crippen MR) is 125 cm³/mol. The van der Waals surface area contributed by atoms with Gasteiger partial charge in [-0.05, 0) is 25.1 Å². The Hall–Kier alpha value is -4.18. The third-order valence-electron chi connectivity index (χ3n) is 4.92. The van der Waals surface area contributed by atoms with Crippen LogP contribution < -0.4 is 14.2 Å². The van der Waals surface area contributed by atoms with Crippen molar-refractivity contribution >= 4 is 17.3 Å². The molecule has 0 aliphatic heterocycles. The molecule has 35 heavy (non-hydrogen) atoms. The average molecular weight is 481 g/mol. The zero-order chi connectivity index (χ0) is 24.8. The summed E-state index contributed by atoms with van der Waals surface area (Å²) in [6.07, 6.45) is 0.307. The molecule has 4 rings (SSSR count). The number of methoxy groups -OCH3 is 2. The molecule has 1 N–H and O–H groups in total. The molecule has 0 unspecified atom stereocenters. The number of halogens is 1. The molecule has 182 valence electrons. The summed E-state index contributed by atoms with van der Waals surface area (Å²) in [4.78, 5) is 23.3. The van der Waals surface area contributed by atoms with E-state index in [1.807, 2.05) is 6.92 Å². The molecule has 0 spiro atoms. The molecule has 2 aromatic heterocycles. The van der Waals surface area contributed by atoms with Crippen LogP contribution in [0.3, 0.4) is 0 Å². The number of fused-ring (bicyclic) bond motifs is 1. The van der Waals surface area contributed by atoms with Crippen LogP contribution in [0.4, 0.5) is 9.18 Å². The van der Waals surface area contributed by atoms with Gasteiger partial charge in [-0.2, -0.15) is 0 Å². The van der Waals surface area contributed by atoms with E-state index in [4.69, 9.17) is 18.9 Å². The second kappa shape index (κ2) is 10.8. The van der Waals surface area contributed by atoms with Gasteiger partial charge >= 0.3 is 6.16 Å². The Morgan fingerprint density at radius 3 is 2.66 bits per heavy atom. The van der Waals surface area contributed by atoms with Crippen LogP contribution in [0.15, 0.2) is 54.7 Å². The van der Waals surface area contributed by atoms with Gasteiger partial charge in [-0.25, -0.2) is 19.2 Å². The average Bonchev–Trinajstić information content (AvgIpc) is 3.27. The summed E-state index contributed by atoms with van der Waals surface area (Å²) in [5, 5.41) is 0. The van der Waals surface area contributed by atoms with Crippen molar-refractivity contribution in [1.82, 2.24) is 15.0 Å². The van der Waals surface area contributed by atoms with E-state index in [1.54, 1.807) is 49.6 Å². The molecular weight excluding hydrogens is 457 g/mol. The van der Waals surface area contributed by atoms with E-state index < -0.39 is 6.16 Å². The summed E-state index contributed by atoms with van der Waals surface area (Å²) in [6.45, 7) is 2.32. The molecule has 0 saturated heterocycles. The predicted octanol–water partition coefficient (Wildman–Crippen LogP) is 4.90. The van der Waals surface area contributed by atoms with E-state index in [2.05, 4.69) is 19.7 Å². The fourth-order valence-electron chi connectivity index (χ4n) is 3.35. The van der Waals surface area contributed by atoms with Gasteiger partial charge in [0.1, 0.15) is 35.9 Å². The number of nitrogens with zero attached hydrogens (tertiary/aromatic N) is 2. The topological polar surface area (TPSA) is 105 Å². The van der Waals surface area contributed by atoms with Crippen LogP contribution >= 0.6 is 0 Å². The van der Waals surface area contributed by atoms with Crippen LogP contribution in [-0.2, 0) is 16.1 Å². The van der Waals surface area contributed by atoms with E-state index >= 15 is 0 Å². The van der Waals surface area contributed by atoms with E-state index in [0.29, 0.717) is 46.2 Å². The number of hydrogen-bond donors (Lipinski definition) is 1. The van der Waals surface area contributed by atoms with E-state index in [9.17, 15) is 9.18 Å². The molecule has 9 nitrogen and oxygen atoms in total. The lowest BCUT2D eigenvalue weighted by Gasteiger charge is -2.16. The van der Waals surface area contributed by atoms with Gasteiger partial charge in [-0.3, -0.25) is 0 Å². The summed E-state index contributed by atoms with van der Waals surface area (Å²) in [5.74, 6) is 1.34. The molecule has 0 saturated carbocycles. The van der Waals surface area contributed by atoms with Gasteiger partial charge in [0.15, 0.2) is 11.4 Å². The minimum Gasteiger partial charge on any atom is -0.489 e. The summed E-state index contributed by atoms with van der Waals surface area (Å²) in [5.41, 5.74) is 2.06. The summed E-state index contributed by atoms with van der Waals surface area (Å²) >= 11 is 0. The maximum Gasteiger partial charge on any atom is 0.513 e. The SMILES string of the molecule is COC[C@H](C)Oc1cc(OCc2ccccc2F)cc(-c2nc3ncc(OC(=O)OC)cc3[nH]2)c1. The molecule has 0 fully saturated rings. The standard InChI is InChI=1S/C25H24FN3O6/c1-15(13-31-2)34-19-9-17(8-18(10-19)33-14-16-6-4-5-7-21(16)26)23-28-22-11-20(35-25(30)32-3)12-27-24(22)29-23/h4-12,15H,13-14H2,1-3H3,(H,27,28,29)/t15-/m0/s1. The fraction of sp³-hybridized carbons (Fsp3) is 0.240. The van der Waals surface area contributed by atoms with Crippen LogP contribution in [0.5, 0.6) is 17.2 Å².